The van der Waals surface area contributed by atoms with Gasteiger partial charge in [-0.3, -0.25) is 9.89 Å². The number of hydrogen-bond donors (Lipinski definition) is 2. The van der Waals surface area contributed by atoms with Crippen molar-refractivity contribution in [3.05, 3.63) is 17.5 Å². The van der Waals surface area contributed by atoms with Crippen molar-refractivity contribution in [3.63, 3.8) is 0 Å². The van der Waals surface area contributed by atoms with E-state index in [1.165, 1.54) is 0 Å². The Labute approximate surface area is 114 Å². The van der Waals surface area contributed by atoms with E-state index in [0.29, 0.717) is 0 Å². The van der Waals surface area contributed by atoms with Gasteiger partial charge in [-0.15, -0.1) is 0 Å². The Bertz CT molecular complexity index is 463. The summed E-state index contributed by atoms with van der Waals surface area (Å²) < 4.78 is 43.6. The monoisotopic (exact) mass is 293 g/mol. The first-order chi connectivity index (χ1) is 9.06. The van der Waals surface area contributed by atoms with Crippen molar-refractivity contribution < 1.29 is 22.7 Å². The number of alkyl halides is 3. The van der Waals surface area contributed by atoms with E-state index in [1.54, 1.807) is 20.8 Å². The number of carbonyl (C=O) groups is 1. The molecule has 0 spiro atoms. The molecule has 0 aliphatic heterocycles. The van der Waals surface area contributed by atoms with Crippen LogP contribution in [0.3, 0.4) is 0 Å². The van der Waals surface area contributed by atoms with Crippen molar-refractivity contribution in [2.24, 2.45) is 5.73 Å². The van der Waals surface area contributed by atoms with Crippen molar-refractivity contribution in [1.82, 2.24) is 10.2 Å². The Hall–Kier alpha value is -1.57. The molecule has 5 nitrogen and oxygen atoms in total. The molecule has 1 rings (SSSR count). The van der Waals surface area contributed by atoms with E-state index < -0.39 is 29.4 Å². The molecule has 1 aromatic rings. The van der Waals surface area contributed by atoms with Crippen LogP contribution in [0.1, 0.15) is 44.4 Å². The first-order valence-corrected chi connectivity index (χ1v) is 6.09. The maximum Gasteiger partial charge on any atom is 0.433 e. The summed E-state index contributed by atoms with van der Waals surface area (Å²) in [6.07, 6.45) is -3.56. The Morgan fingerprint density at radius 1 is 1.45 bits per heavy atom. The summed E-state index contributed by atoms with van der Waals surface area (Å²) in [5.41, 5.74) is 3.31. The summed E-state index contributed by atoms with van der Waals surface area (Å²) in [5.74, 6) is -1.83. The molecule has 0 saturated carbocycles. The van der Waals surface area contributed by atoms with Gasteiger partial charge in [0.1, 0.15) is 11.3 Å². The Kier molecular flexibility index (Phi) is 4.80. The molecule has 0 amide bonds. The largest absolute Gasteiger partial charge is 0.459 e. The highest BCUT2D eigenvalue weighted by molar-refractivity contribution is 5.78. The molecule has 0 saturated heterocycles. The number of nitrogens with zero attached hydrogens (tertiary/aromatic N) is 1. The molecule has 0 aliphatic rings. The van der Waals surface area contributed by atoms with E-state index in [4.69, 9.17) is 10.5 Å². The van der Waals surface area contributed by atoms with Crippen molar-refractivity contribution in [3.8, 4) is 0 Å². The van der Waals surface area contributed by atoms with E-state index in [0.717, 1.165) is 6.20 Å². The standard InChI is InChI=1S/C12H18F3N3O2/c1-11(2,3)20-10(19)7(4-5-16)8-6-17-18-9(8)12(13,14)15/h6-7H,4-5,16H2,1-3H3,(H,17,18). The lowest BCUT2D eigenvalue weighted by Crippen LogP contribution is -2.29. The molecule has 0 radical (unpaired) electrons. The van der Waals surface area contributed by atoms with Crippen LogP contribution in [0.5, 0.6) is 0 Å². The number of esters is 1. The lowest BCUT2D eigenvalue weighted by Gasteiger charge is -2.24. The van der Waals surface area contributed by atoms with Gasteiger partial charge in [-0.2, -0.15) is 18.3 Å². The normalized spacial score (nSPS) is 14.2. The van der Waals surface area contributed by atoms with Gasteiger partial charge in [-0.05, 0) is 33.7 Å². The summed E-state index contributed by atoms with van der Waals surface area (Å²) in [7, 11) is 0. The van der Waals surface area contributed by atoms with Crippen LogP contribution < -0.4 is 5.73 Å². The number of aromatic amines is 1. The minimum absolute atomic E-state index is 0.0531. The van der Waals surface area contributed by atoms with Crippen LogP contribution in [0.4, 0.5) is 13.2 Å². The smallest absolute Gasteiger partial charge is 0.433 e. The SMILES string of the molecule is CC(C)(C)OC(=O)C(CCN)c1cn[nH]c1C(F)(F)F. The molecule has 3 N–H and O–H groups in total. The van der Waals surface area contributed by atoms with E-state index in [9.17, 15) is 18.0 Å². The Morgan fingerprint density at radius 3 is 2.50 bits per heavy atom. The molecule has 1 unspecified atom stereocenters. The second-order valence-corrected chi connectivity index (χ2v) is 5.36. The lowest BCUT2D eigenvalue weighted by atomic mass is 9.95. The van der Waals surface area contributed by atoms with Crippen LogP contribution >= 0.6 is 0 Å². The van der Waals surface area contributed by atoms with Gasteiger partial charge in [0.2, 0.25) is 0 Å². The molecule has 1 aromatic heterocycles. The molecule has 1 heterocycles. The van der Waals surface area contributed by atoms with Gasteiger partial charge in [0.05, 0.1) is 12.1 Å². The fourth-order valence-corrected chi connectivity index (χ4v) is 1.73. The Morgan fingerprint density at radius 2 is 2.05 bits per heavy atom. The van der Waals surface area contributed by atoms with Crippen LogP contribution in [0, 0.1) is 0 Å². The number of carbonyl (C=O) groups excluding carboxylic acids is 1. The highest BCUT2D eigenvalue weighted by atomic mass is 19.4. The van der Waals surface area contributed by atoms with Crippen molar-refractivity contribution in [1.29, 1.82) is 0 Å². The minimum Gasteiger partial charge on any atom is -0.459 e. The van der Waals surface area contributed by atoms with Crippen LogP contribution in [-0.2, 0) is 15.7 Å². The Balaban J connectivity index is 3.09. The van der Waals surface area contributed by atoms with Crippen molar-refractivity contribution >= 4 is 5.97 Å². The molecule has 0 fully saturated rings. The number of nitrogens with two attached hydrogens (primary N) is 1. The number of nitrogens with one attached hydrogen (secondary N) is 1. The van der Waals surface area contributed by atoms with E-state index in [1.807, 2.05) is 5.10 Å². The number of aromatic nitrogens is 2. The molecule has 0 bridgehead atoms. The van der Waals surface area contributed by atoms with Gasteiger partial charge in [0, 0.05) is 5.56 Å². The van der Waals surface area contributed by atoms with Gasteiger partial charge in [0.15, 0.2) is 0 Å². The van der Waals surface area contributed by atoms with Crippen LogP contribution in [-0.4, -0.2) is 28.3 Å². The first-order valence-electron chi connectivity index (χ1n) is 6.09. The predicted octanol–water partition coefficient (Wildman–Crippen LogP) is 2.20. The topological polar surface area (TPSA) is 81.0 Å². The summed E-state index contributed by atoms with van der Waals surface area (Å²) in [6.45, 7) is 4.99. The van der Waals surface area contributed by atoms with Crippen LogP contribution in [0.25, 0.3) is 0 Å². The third kappa shape index (κ3) is 4.22. The minimum atomic E-state index is -4.61. The molecule has 114 valence electrons. The number of H-pyrrole nitrogens is 1. The van der Waals surface area contributed by atoms with Crippen molar-refractivity contribution in [2.45, 2.75) is 44.9 Å². The highest BCUT2D eigenvalue weighted by Crippen LogP contribution is 2.35. The number of halogens is 3. The van der Waals surface area contributed by atoms with Crippen molar-refractivity contribution in [2.75, 3.05) is 6.54 Å². The molecular formula is C12H18F3N3O2. The second kappa shape index (κ2) is 5.82. The zero-order valence-corrected chi connectivity index (χ0v) is 11.5. The fraction of sp³-hybridized carbons (Fsp3) is 0.667. The van der Waals surface area contributed by atoms with Crippen LogP contribution in [0.15, 0.2) is 6.20 Å². The number of hydrogen-bond acceptors (Lipinski definition) is 4. The third-order valence-electron chi connectivity index (χ3n) is 2.47. The molecule has 0 aliphatic carbocycles. The third-order valence-corrected chi connectivity index (χ3v) is 2.47. The summed E-state index contributed by atoms with van der Waals surface area (Å²) in [4.78, 5) is 12.0. The lowest BCUT2D eigenvalue weighted by molar-refractivity contribution is -0.157. The van der Waals surface area contributed by atoms with E-state index >= 15 is 0 Å². The first kappa shape index (κ1) is 16.5. The second-order valence-electron chi connectivity index (χ2n) is 5.36. The van der Waals surface area contributed by atoms with E-state index in [2.05, 4.69) is 5.10 Å². The summed E-state index contributed by atoms with van der Waals surface area (Å²) in [6, 6.07) is 0. The highest BCUT2D eigenvalue weighted by Gasteiger charge is 2.40. The predicted molar refractivity (Wildman–Crippen MR) is 65.8 cm³/mol. The molecule has 0 aromatic carbocycles. The van der Waals surface area contributed by atoms with Gasteiger partial charge in [-0.1, -0.05) is 0 Å². The average molecular weight is 293 g/mol. The fourth-order valence-electron chi connectivity index (χ4n) is 1.73. The van der Waals surface area contributed by atoms with Gasteiger partial charge in [-0.25, -0.2) is 0 Å². The molecule has 1 atom stereocenters. The quantitative estimate of drug-likeness (QED) is 0.834. The number of rotatable bonds is 4. The van der Waals surface area contributed by atoms with Gasteiger partial charge < -0.3 is 10.5 Å². The zero-order chi connectivity index (χ0) is 15.6. The van der Waals surface area contributed by atoms with E-state index in [-0.39, 0.29) is 18.5 Å². The van der Waals surface area contributed by atoms with Gasteiger partial charge in [0.25, 0.3) is 0 Å². The molecule has 20 heavy (non-hydrogen) atoms. The zero-order valence-electron chi connectivity index (χ0n) is 11.5. The summed E-state index contributed by atoms with van der Waals surface area (Å²) in [5, 5.41) is 5.26. The summed E-state index contributed by atoms with van der Waals surface area (Å²) >= 11 is 0. The molecular weight excluding hydrogens is 275 g/mol. The molecule has 8 heteroatoms. The maximum atomic E-state index is 12.8. The number of ether oxygens (including phenoxy) is 1. The average Bonchev–Trinajstić information content (AvgIpc) is 2.71. The maximum absolute atomic E-state index is 12.8. The van der Waals surface area contributed by atoms with Gasteiger partial charge >= 0.3 is 12.1 Å². The van der Waals surface area contributed by atoms with Crippen LogP contribution in [0.2, 0.25) is 0 Å².